The Bertz CT molecular complexity index is 1220. The van der Waals surface area contributed by atoms with E-state index >= 15 is 0 Å². The molecule has 0 amide bonds. The standard InChI is InChI=1S/C26H23N3OS2/c1-17-14-18(2)16-19(15-17)29-25(24(28-26(29)31)21-10-6-7-13-27-21)22-11-12-23(30-22)32-20-8-4-3-5-9-20/h3-16,24-25H,1-2H3,(H,28,31)/t24-,25+/m1/s1. The molecule has 1 saturated heterocycles. The third-order valence-corrected chi connectivity index (χ3v) is 6.68. The molecule has 0 radical (unpaired) electrons. The molecule has 5 rings (SSSR count). The van der Waals surface area contributed by atoms with Crippen molar-refractivity contribution in [1.82, 2.24) is 10.3 Å². The van der Waals surface area contributed by atoms with Gasteiger partial charge in [-0.1, -0.05) is 42.1 Å². The number of aromatic nitrogens is 1. The number of benzene rings is 2. The Morgan fingerprint density at radius 1 is 0.938 bits per heavy atom. The summed E-state index contributed by atoms with van der Waals surface area (Å²) in [6, 6.07) is 26.5. The minimum absolute atomic E-state index is 0.120. The normalized spacial score (nSPS) is 18.1. The van der Waals surface area contributed by atoms with Gasteiger partial charge in [0.05, 0.1) is 11.7 Å². The summed E-state index contributed by atoms with van der Waals surface area (Å²) < 4.78 is 6.38. The van der Waals surface area contributed by atoms with Crippen molar-refractivity contribution in [1.29, 1.82) is 0 Å². The van der Waals surface area contributed by atoms with E-state index in [-0.39, 0.29) is 12.1 Å². The molecule has 2 aromatic carbocycles. The van der Waals surface area contributed by atoms with Crippen LogP contribution in [0.3, 0.4) is 0 Å². The summed E-state index contributed by atoms with van der Waals surface area (Å²) >= 11 is 7.43. The summed E-state index contributed by atoms with van der Waals surface area (Å²) in [5.41, 5.74) is 4.38. The average molecular weight is 458 g/mol. The first kappa shape index (κ1) is 20.8. The number of hydrogen-bond donors (Lipinski definition) is 1. The Kier molecular flexibility index (Phi) is 5.72. The predicted octanol–water partition coefficient (Wildman–Crippen LogP) is 6.62. The number of nitrogens with one attached hydrogen (secondary N) is 1. The van der Waals surface area contributed by atoms with E-state index in [1.165, 1.54) is 11.1 Å². The third-order valence-electron chi connectivity index (χ3n) is 5.44. The van der Waals surface area contributed by atoms with E-state index in [0.29, 0.717) is 5.11 Å². The van der Waals surface area contributed by atoms with Crippen molar-refractivity contribution in [3.63, 3.8) is 0 Å². The summed E-state index contributed by atoms with van der Waals surface area (Å²) in [5, 5.41) is 5.01. The molecule has 2 atom stereocenters. The second-order valence-corrected chi connectivity index (χ2v) is 9.38. The number of anilines is 1. The molecule has 4 nitrogen and oxygen atoms in total. The molecule has 32 heavy (non-hydrogen) atoms. The first-order valence-corrected chi connectivity index (χ1v) is 11.7. The van der Waals surface area contributed by atoms with E-state index in [1.807, 2.05) is 48.7 Å². The van der Waals surface area contributed by atoms with Crippen molar-refractivity contribution in [3.8, 4) is 0 Å². The van der Waals surface area contributed by atoms with Gasteiger partial charge in [0.1, 0.15) is 11.8 Å². The number of thiocarbonyl (C=S) groups is 1. The highest BCUT2D eigenvalue weighted by atomic mass is 32.2. The van der Waals surface area contributed by atoms with Crippen LogP contribution in [0.25, 0.3) is 0 Å². The molecule has 0 bridgehead atoms. The number of aryl methyl sites for hydroxylation is 2. The van der Waals surface area contributed by atoms with E-state index in [4.69, 9.17) is 16.6 Å². The van der Waals surface area contributed by atoms with Gasteiger partial charge in [0.15, 0.2) is 10.2 Å². The average Bonchev–Trinajstić information content (AvgIpc) is 3.38. The number of rotatable bonds is 5. The van der Waals surface area contributed by atoms with Gasteiger partial charge in [0.25, 0.3) is 0 Å². The van der Waals surface area contributed by atoms with E-state index in [9.17, 15) is 0 Å². The van der Waals surface area contributed by atoms with Crippen molar-refractivity contribution in [3.05, 3.63) is 108 Å². The number of furan rings is 1. The topological polar surface area (TPSA) is 41.3 Å². The maximum absolute atomic E-state index is 6.38. The van der Waals surface area contributed by atoms with Gasteiger partial charge in [-0.15, -0.1) is 0 Å². The summed E-state index contributed by atoms with van der Waals surface area (Å²) in [6.45, 7) is 4.21. The van der Waals surface area contributed by atoms with Gasteiger partial charge in [-0.25, -0.2) is 0 Å². The lowest BCUT2D eigenvalue weighted by Crippen LogP contribution is -2.29. The van der Waals surface area contributed by atoms with E-state index in [0.717, 1.165) is 27.1 Å². The van der Waals surface area contributed by atoms with Crippen LogP contribution >= 0.6 is 24.0 Å². The highest BCUT2D eigenvalue weighted by molar-refractivity contribution is 7.99. The van der Waals surface area contributed by atoms with Crippen LogP contribution in [0, 0.1) is 13.8 Å². The van der Waals surface area contributed by atoms with Crippen molar-refractivity contribution >= 4 is 34.8 Å². The molecule has 0 spiro atoms. The SMILES string of the molecule is Cc1cc(C)cc(N2C(=S)N[C@H](c3ccccn3)[C@@H]2c2ccc(Sc3ccccc3)o2)c1. The molecule has 4 aromatic rings. The van der Waals surface area contributed by atoms with Gasteiger partial charge < -0.3 is 14.6 Å². The highest BCUT2D eigenvalue weighted by Gasteiger charge is 2.42. The fraction of sp³-hybridized carbons (Fsp3) is 0.154. The first-order chi connectivity index (χ1) is 15.6. The first-order valence-electron chi connectivity index (χ1n) is 10.5. The fourth-order valence-electron chi connectivity index (χ4n) is 4.16. The second-order valence-electron chi connectivity index (χ2n) is 7.91. The number of nitrogens with zero attached hydrogens (tertiary/aromatic N) is 2. The molecule has 160 valence electrons. The van der Waals surface area contributed by atoms with E-state index < -0.39 is 0 Å². The molecular formula is C26H23N3OS2. The van der Waals surface area contributed by atoms with Gasteiger partial charge >= 0.3 is 0 Å². The van der Waals surface area contributed by atoms with Crippen LogP contribution in [0.1, 0.15) is 34.7 Å². The van der Waals surface area contributed by atoms with Crippen LogP contribution in [0.5, 0.6) is 0 Å². The molecule has 3 heterocycles. The zero-order chi connectivity index (χ0) is 22.1. The van der Waals surface area contributed by atoms with Crippen molar-refractivity contribution in [2.45, 2.75) is 35.9 Å². The van der Waals surface area contributed by atoms with Gasteiger partial charge in [0, 0.05) is 16.8 Å². The maximum atomic E-state index is 6.38. The van der Waals surface area contributed by atoms with E-state index in [1.54, 1.807) is 11.8 Å². The van der Waals surface area contributed by atoms with Gasteiger partial charge in [-0.3, -0.25) is 4.98 Å². The molecule has 1 aliphatic rings. The zero-order valence-corrected chi connectivity index (χ0v) is 19.5. The minimum Gasteiger partial charge on any atom is -0.452 e. The molecule has 1 aliphatic heterocycles. The van der Waals surface area contributed by atoms with E-state index in [2.05, 4.69) is 65.4 Å². The van der Waals surface area contributed by atoms with Crippen LogP contribution in [0.4, 0.5) is 5.69 Å². The van der Waals surface area contributed by atoms with Crippen LogP contribution in [0.2, 0.25) is 0 Å². The summed E-state index contributed by atoms with van der Waals surface area (Å²) in [7, 11) is 0. The smallest absolute Gasteiger partial charge is 0.174 e. The van der Waals surface area contributed by atoms with Crippen molar-refractivity contribution < 1.29 is 4.42 Å². The number of hydrogen-bond acceptors (Lipinski definition) is 4. The summed E-state index contributed by atoms with van der Waals surface area (Å²) in [4.78, 5) is 7.91. The van der Waals surface area contributed by atoms with Crippen LogP contribution in [-0.2, 0) is 0 Å². The molecule has 1 N–H and O–H groups in total. The Morgan fingerprint density at radius 2 is 1.69 bits per heavy atom. The zero-order valence-electron chi connectivity index (χ0n) is 17.9. The lowest BCUT2D eigenvalue weighted by Gasteiger charge is -2.26. The van der Waals surface area contributed by atoms with Crippen molar-refractivity contribution in [2.75, 3.05) is 4.90 Å². The minimum atomic E-state index is -0.149. The monoisotopic (exact) mass is 457 g/mol. The number of pyridine rings is 1. The molecule has 6 heteroatoms. The molecular weight excluding hydrogens is 434 g/mol. The largest absolute Gasteiger partial charge is 0.452 e. The predicted molar refractivity (Wildman–Crippen MR) is 133 cm³/mol. The van der Waals surface area contributed by atoms with Gasteiger partial charge in [-0.05, 0) is 85.7 Å². The fourth-order valence-corrected chi connectivity index (χ4v) is 5.31. The molecule has 0 aliphatic carbocycles. The maximum Gasteiger partial charge on any atom is 0.174 e. The highest BCUT2D eigenvalue weighted by Crippen LogP contribution is 2.43. The quantitative estimate of drug-likeness (QED) is 0.340. The summed E-state index contributed by atoms with van der Waals surface area (Å²) in [5.74, 6) is 0.852. The Hall–Kier alpha value is -3.09. The van der Waals surface area contributed by atoms with Crippen LogP contribution in [-0.4, -0.2) is 10.1 Å². The van der Waals surface area contributed by atoms with Crippen LogP contribution in [0.15, 0.2) is 99.5 Å². The molecule has 0 saturated carbocycles. The van der Waals surface area contributed by atoms with Crippen LogP contribution < -0.4 is 10.2 Å². The molecule has 1 fully saturated rings. The summed E-state index contributed by atoms with van der Waals surface area (Å²) in [6.07, 6.45) is 1.81. The Balaban J connectivity index is 1.56. The Morgan fingerprint density at radius 3 is 2.41 bits per heavy atom. The molecule has 0 unspecified atom stereocenters. The third kappa shape index (κ3) is 4.16. The lowest BCUT2D eigenvalue weighted by molar-refractivity contribution is 0.383. The second kappa shape index (κ2) is 8.81. The van der Waals surface area contributed by atoms with Gasteiger partial charge in [0.2, 0.25) is 0 Å². The lowest BCUT2D eigenvalue weighted by atomic mass is 10.0. The Labute approximate surface area is 197 Å². The van der Waals surface area contributed by atoms with Crippen molar-refractivity contribution in [2.24, 2.45) is 0 Å². The van der Waals surface area contributed by atoms with Gasteiger partial charge in [-0.2, -0.15) is 0 Å². The molecule has 2 aromatic heterocycles.